The highest BCUT2D eigenvalue weighted by atomic mass is 16.4. The van der Waals surface area contributed by atoms with Crippen molar-refractivity contribution in [3.05, 3.63) is 29.6 Å². The second-order valence-corrected chi connectivity index (χ2v) is 4.58. The minimum absolute atomic E-state index is 0.0388. The fraction of sp³-hybridized carbons (Fsp3) is 0.429. The van der Waals surface area contributed by atoms with Gasteiger partial charge in [-0.3, -0.25) is 0 Å². The van der Waals surface area contributed by atoms with Crippen LogP contribution >= 0.6 is 0 Å². The molecule has 1 aromatic rings. The van der Waals surface area contributed by atoms with Crippen LogP contribution in [0.3, 0.4) is 0 Å². The third-order valence-electron chi connectivity index (χ3n) is 2.87. The van der Waals surface area contributed by atoms with Crippen LogP contribution in [-0.4, -0.2) is 40.1 Å². The zero-order valence-corrected chi connectivity index (χ0v) is 12.0. The van der Waals surface area contributed by atoms with E-state index in [1.807, 2.05) is 6.92 Å². The van der Waals surface area contributed by atoms with Gasteiger partial charge in [-0.05, 0) is 25.5 Å². The van der Waals surface area contributed by atoms with Crippen molar-refractivity contribution in [2.24, 2.45) is 5.92 Å². The molecule has 0 aliphatic rings. The molecule has 0 saturated carbocycles. The van der Waals surface area contributed by atoms with Gasteiger partial charge in [-0.1, -0.05) is 6.07 Å². The van der Waals surface area contributed by atoms with Gasteiger partial charge in [0.1, 0.15) is 5.69 Å². The lowest BCUT2D eigenvalue weighted by Gasteiger charge is -2.22. The summed E-state index contributed by atoms with van der Waals surface area (Å²) in [6, 6.07) is 4.82. The molecule has 0 aliphatic heterocycles. The summed E-state index contributed by atoms with van der Waals surface area (Å²) < 4.78 is 0. The molecule has 0 aromatic carbocycles. The number of nitrogens with zero attached hydrogens (tertiary/aromatic N) is 3. The lowest BCUT2D eigenvalue weighted by Crippen LogP contribution is -2.41. The maximum atomic E-state index is 12.0. The Kier molecular flexibility index (Phi) is 6.14. The predicted molar refractivity (Wildman–Crippen MR) is 75.5 cm³/mol. The molecular formula is C14H18N4O3. The van der Waals surface area contributed by atoms with E-state index in [2.05, 4.69) is 16.4 Å². The number of carboxylic acid groups (broad SMARTS) is 1. The van der Waals surface area contributed by atoms with Crippen molar-refractivity contribution in [1.29, 1.82) is 5.26 Å². The van der Waals surface area contributed by atoms with Crippen LogP contribution in [0.5, 0.6) is 0 Å². The minimum Gasteiger partial charge on any atom is -0.477 e. The van der Waals surface area contributed by atoms with Gasteiger partial charge in [-0.25, -0.2) is 14.6 Å². The van der Waals surface area contributed by atoms with Crippen LogP contribution in [0.2, 0.25) is 0 Å². The third kappa shape index (κ3) is 5.10. The number of amides is 2. The first-order valence-electron chi connectivity index (χ1n) is 6.58. The van der Waals surface area contributed by atoms with Crippen LogP contribution < -0.4 is 5.32 Å². The lowest BCUT2D eigenvalue weighted by molar-refractivity contribution is 0.0690. The highest BCUT2D eigenvalue weighted by molar-refractivity contribution is 5.85. The standard InChI is InChI=1S/C14H18N4O3/c1-3-18(9-10(2)6-15)14(21)17-8-11-4-5-12(13(19)20)16-7-11/h4-5,7,10H,3,8-9H2,1-2H3,(H,17,21)(H,19,20). The summed E-state index contributed by atoms with van der Waals surface area (Å²) in [5.41, 5.74) is 0.667. The molecule has 112 valence electrons. The Balaban J connectivity index is 2.55. The molecule has 1 heterocycles. The number of hydrogen-bond donors (Lipinski definition) is 2. The monoisotopic (exact) mass is 290 g/mol. The van der Waals surface area contributed by atoms with Gasteiger partial charge in [0.25, 0.3) is 0 Å². The molecule has 1 atom stereocenters. The number of carboxylic acids is 1. The number of carbonyl (C=O) groups is 2. The molecule has 1 rings (SSSR count). The largest absolute Gasteiger partial charge is 0.477 e. The van der Waals surface area contributed by atoms with Crippen LogP contribution in [0.4, 0.5) is 4.79 Å². The summed E-state index contributed by atoms with van der Waals surface area (Å²) in [6.07, 6.45) is 1.41. The van der Waals surface area contributed by atoms with E-state index in [9.17, 15) is 9.59 Å². The molecule has 0 radical (unpaired) electrons. The molecule has 0 aliphatic carbocycles. The maximum absolute atomic E-state index is 12.0. The highest BCUT2D eigenvalue weighted by Crippen LogP contribution is 2.02. The zero-order valence-electron chi connectivity index (χ0n) is 12.0. The molecule has 21 heavy (non-hydrogen) atoms. The van der Waals surface area contributed by atoms with E-state index < -0.39 is 5.97 Å². The van der Waals surface area contributed by atoms with Crippen molar-refractivity contribution in [1.82, 2.24) is 15.2 Å². The molecule has 2 N–H and O–H groups in total. The summed E-state index contributed by atoms with van der Waals surface area (Å²) in [6.45, 7) is 4.73. The number of aromatic nitrogens is 1. The number of nitrogens with one attached hydrogen (secondary N) is 1. The summed E-state index contributed by atoms with van der Waals surface area (Å²) in [5, 5.41) is 20.2. The average Bonchev–Trinajstić information content (AvgIpc) is 2.50. The van der Waals surface area contributed by atoms with Gasteiger partial charge in [0, 0.05) is 25.8 Å². The SMILES string of the molecule is CCN(CC(C)C#N)C(=O)NCc1ccc(C(=O)O)nc1. The van der Waals surface area contributed by atoms with E-state index in [1.54, 1.807) is 17.9 Å². The van der Waals surface area contributed by atoms with Crippen LogP contribution in [0.25, 0.3) is 0 Å². The first-order valence-corrected chi connectivity index (χ1v) is 6.58. The molecule has 7 nitrogen and oxygen atoms in total. The Labute approximate surface area is 123 Å². The summed E-state index contributed by atoms with van der Waals surface area (Å²) in [7, 11) is 0. The van der Waals surface area contributed by atoms with Crippen molar-refractivity contribution in [2.45, 2.75) is 20.4 Å². The van der Waals surface area contributed by atoms with E-state index in [0.717, 1.165) is 0 Å². The van der Waals surface area contributed by atoms with Gasteiger partial charge in [0.15, 0.2) is 0 Å². The first-order chi connectivity index (χ1) is 9.97. The van der Waals surface area contributed by atoms with Crippen LogP contribution in [0.15, 0.2) is 18.3 Å². The molecule has 1 aromatic heterocycles. The van der Waals surface area contributed by atoms with Crippen molar-refractivity contribution in [2.75, 3.05) is 13.1 Å². The quantitative estimate of drug-likeness (QED) is 0.825. The molecule has 0 saturated heterocycles. The Hall–Kier alpha value is -2.62. The fourth-order valence-corrected chi connectivity index (χ4v) is 1.67. The second kappa shape index (κ2) is 7.85. The number of hydrogen-bond acceptors (Lipinski definition) is 4. The predicted octanol–water partition coefficient (Wildman–Crippen LogP) is 1.47. The fourth-order valence-electron chi connectivity index (χ4n) is 1.67. The Morgan fingerprint density at radius 2 is 2.24 bits per heavy atom. The van der Waals surface area contributed by atoms with Crippen molar-refractivity contribution in [3.8, 4) is 6.07 Å². The molecular weight excluding hydrogens is 272 g/mol. The molecule has 0 bridgehead atoms. The van der Waals surface area contributed by atoms with Gasteiger partial charge in [0.05, 0.1) is 12.0 Å². The molecule has 0 spiro atoms. The van der Waals surface area contributed by atoms with Crippen LogP contribution in [-0.2, 0) is 6.54 Å². The van der Waals surface area contributed by atoms with Crippen molar-refractivity contribution >= 4 is 12.0 Å². The number of rotatable bonds is 6. The normalized spacial score (nSPS) is 11.3. The maximum Gasteiger partial charge on any atom is 0.354 e. The van der Waals surface area contributed by atoms with Gasteiger partial charge >= 0.3 is 12.0 Å². The van der Waals surface area contributed by atoms with E-state index >= 15 is 0 Å². The van der Waals surface area contributed by atoms with E-state index in [0.29, 0.717) is 18.7 Å². The minimum atomic E-state index is -1.09. The number of urea groups is 1. The average molecular weight is 290 g/mol. The highest BCUT2D eigenvalue weighted by Gasteiger charge is 2.14. The number of pyridine rings is 1. The molecule has 7 heteroatoms. The molecule has 0 fully saturated rings. The van der Waals surface area contributed by atoms with Gasteiger partial charge < -0.3 is 15.3 Å². The zero-order chi connectivity index (χ0) is 15.8. The lowest BCUT2D eigenvalue weighted by atomic mass is 10.2. The van der Waals surface area contributed by atoms with E-state index in [-0.39, 0.29) is 24.2 Å². The first kappa shape index (κ1) is 16.4. The van der Waals surface area contributed by atoms with E-state index in [1.165, 1.54) is 12.3 Å². The Morgan fingerprint density at radius 1 is 1.52 bits per heavy atom. The summed E-state index contributed by atoms with van der Waals surface area (Å²) >= 11 is 0. The number of carbonyl (C=O) groups excluding carboxylic acids is 1. The Bertz CT molecular complexity index is 536. The topological polar surface area (TPSA) is 106 Å². The van der Waals surface area contributed by atoms with Gasteiger partial charge in [-0.2, -0.15) is 5.26 Å². The van der Waals surface area contributed by atoms with Gasteiger partial charge in [-0.15, -0.1) is 0 Å². The third-order valence-corrected chi connectivity index (χ3v) is 2.87. The van der Waals surface area contributed by atoms with Crippen molar-refractivity contribution < 1.29 is 14.7 Å². The van der Waals surface area contributed by atoms with Crippen molar-refractivity contribution in [3.63, 3.8) is 0 Å². The summed E-state index contributed by atoms with van der Waals surface area (Å²) in [5.74, 6) is -1.32. The second-order valence-electron chi connectivity index (χ2n) is 4.58. The van der Waals surface area contributed by atoms with Crippen LogP contribution in [0, 0.1) is 17.2 Å². The summed E-state index contributed by atoms with van der Waals surface area (Å²) in [4.78, 5) is 28.0. The smallest absolute Gasteiger partial charge is 0.354 e. The van der Waals surface area contributed by atoms with E-state index in [4.69, 9.17) is 10.4 Å². The molecule has 2 amide bonds. The Morgan fingerprint density at radius 3 is 2.71 bits per heavy atom. The van der Waals surface area contributed by atoms with Crippen LogP contribution in [0.1, 0.15) is 29.9 Å². The van der Waals surface area contributed by atoms with Gasteiger partial charge in [0.2, 0.25) is 0 Å². The number of nitriles is 1. The molecule has 1 unspecified atom stereocenters. The number of aromatic carboxylic acids is 1.